The third kappa shape index (κ3) is 2.94. The highest BCUT2D eigenvalue weighted by Crippen LogP contribution is 2.11. The summed E-state index contributed by atoms with van der Waals surface area (Å²) in [6.45, 7) is 3.01. The minimum atomic E-state index is -0.0284. The zero-order valence-electron chi connectivity index (χ0n) is 10.1. The van der Waals surface area contributed by atoms with E-state index in [0.717, 1.165) is 19.4 Å². The summed E-state index contributed by atoms with van der Waals surface area (Å²) in [5, 5.41) is 2.02. The number of benzene rings is 1. The van der Waals surface area contributed by atoms with E-state index in [2.05, 4.69) is 24.5 Å². The Labute approximate surface area is 102 Å². The molecule has 1 aliphatic heterocycles. The van der Waals surface area contributed by atoms with Crippen molar-refractivity contribution in [3.63, 3.8) is 0 Å². The second-order valence-electron chi connectivity index (χ2n) is 4.19. The van der Waals surface area contributed by atoms with Gasteiger partial charge in [-0.15, -0.1) is 0 Å². The number of hydrogen-bond acceptors (Lipinski definition) is 2. The lowest BCUT2D eigenvalue weighted by molar-refractivity contribution is 0.0721. The molecule has 1 aliphatic rings. The van der Waals surface area contributed by atoms with Crippen molar-refractivity contribution in [1.82, 2.24) is 10.4 Å². The Morgan fingerprint density at radius 2 is 2.18 bits per heavy atom. The summed E-state index contributed by atoms with van der Waals surface area (Å²) in [4.78, 5) is 12.0. The zero-order chi connectivity index (χ0) is 12.1. The SMILES string of the molecule is CC[C@H]1C=CCCN1NC(=O)c1ccccc1. The number of nitrogens with zero attached hydrogens (tertiary/aromatic N) is 1. The Hall–Kier alpha value is -1.61. The predicted octanol–water partition coefficient (Wildman–Crippen LogP) is 2.37. The van der Waals surface area contributed by atoms with Crippen molar-refractivity contribution >= 4 is 5.91 Å². The van der Waals surface area contributed by atoms with E-state index >= 15 is 0 Å². The van der Waals surface area contributed by atoms with Gasteiger partial charge in [0.2, 0.25) is 0 Å². The van der Waals surface area contributed by atoms with Gasteiger partial charge in [-0.1, -0.05) is 37.3 Å². The van der Waals surface area contributed by atoms with Crippen LogP contribution >= 0.6 is 0 Å². The van der Waals surface area contributed by atoms with Gasteiger partial charge in [-0.3, -0.25) is 10.2 Å². The molecule has 0 aromatic heterocycles. The second kappa shape index (κ2) is 5.64. The average molecular weight is 230 g/mol. The number of hydrogen-bond donors (Lipinski definition) is 1. The van der Waals surface area contributed by atoms with Gasteiger partial charge in [0, 0.05) is 18.2 Å². The van der Waals surface area contributed by atoms with Crippen molar-refractivity contribution in [2.75, 3.05) is 6.54 Å². The molecule has 1 aromatic rings. The van der Waals surface area contributed by atoms with Crippen LogP contribution < -0.4 is 5.43 Å². The van der Waals surface area contributed by atoms with Gasteiger partial charge in [-0.05, 0) is 25.0 Å². The second-order valence-corrected chi connectivity index (χ2v) is 4.19. The summed E-state index contributed by atoms with van der Waals surface area (Å²) in [6.07, 6.45) is 6.34. The van der Waals surface area contributed by atoms with Crippen molar-refractivity contribution in [3.8, 4) is 0 Å². The standard InChI is InChI=1S/C14H18N2O/c1-2-13-10-6-7-11-16(13)15-14(17)12-8-4-3-5-9-12/h3-6,8-10,13H,2,7,11H2,1H3,(H,15,17)/t13-/m0/s1. The molecule has 0 aliphatic carbocycles. The van der Waals surface area contributed by atoms with Gasteiger partial charge in [-0.2, -0.15) is 0 Å². The van der Waals surface area contributed by atoms with Gasteiger partial charge >= 0.3 is 0 Å². The third-order valence-electron chi connectivity index (χ3n) is 2.99. The summed E-state index contributed by atoms with van der Waals surface area (Å²) < 4.78 is 0. The molecule has 90 valence electrons. The molecule has 0 spiro atoms. The molecule has 0 fully saturated rings. The first-order valence-electron chi connectivity index (χ1n) is 6.10. The van der Waals surface area contributed by atoms with Crippen molar-refractivity contribution < 1.29 is 4.79 Å². The van der Waals surface area contributed by atoms with E-state index in [9.17, 15) is 4.79 Å². The maximum atomic E-state index is 12.0. The number of rotatable bonds is 3. The maximum Gasteiger partial charge on any atom is 0.265 e. The molecule has 3 nitrogen and oxygen atoms in total. The van der Waals surface area contributed by atoms with Crippen LogP contribution in [0, 0.1) is 0 Å². The molecule has 1 heterocycles. The molecule has 1 atom stereocenters. The molecule has 1 N–H and O–H groups in total. The number of carbonyl (C=O) groups excluding carboxylic acids is 1. The molecule has 0 bridgehead atoms. The van der Waals surface area contributed by atoms with E-state index in [4.69, 9.17) is 0 Å². The monoisotopic (exact) mass is 230 g/mol. The highest BCUT2D eigenvalue weighted by Gasteiger charge is 2.19. The van der Waals surface area contributed by atoms with Gasteiger partial charge < -0.3 is 0 Å². The Bertz CT molecular complexity index is 400. The molecule has 0 radical (unpaired) electrons. The first-order valence-corrected chi connectivity index (χ1v) is 6.10. The predicted molar refractivity (Wildman–Crippen MR) is 68.5 cm³/mol. The lowest BCUT2D eigenvalue weighted by Crippen LogP contribution is -2.49. The molecule has 17 heavy (non-hydrogen) atoms. The summed E-state index contributed by atoms with van der Waals surface area (Å²) >= 11 is 0. The first kappa shape index (κ1) is 11.9. The first-order chi connectivity index (χ1) is 8.31. The minimum absolute atomic E-state index is 0.0284. The van der Waals surface area contributed by atoms with Crippen molar-refractivity contribution in [3.05, 3.63) is 48.0 Å². The van der Waals surface area contributed by atoms with Crippen LogP contribution in [-0.2, 0) is 0 Å². The fraction of sp³-hybridized carbons (Fsp3) is 0.357. The van der Waals surface area contributed by atoms with Crippen LogP contribution in [0.2, 0.25) is 0 Å². The Morgan fingerprint density at radius 1 is 1.41 bits per heavy atom. The van der Waals surface area contributed by atoms with E-state index < -0.39 is 0 Å². The van der Waals surface area contributed by atoms with Crippen LogP contribution in [0.3, 0.4) is 0 Å². The van der Waals surface area contributed by atoms with Gasteiger partial charge in [-0.25, -0.2) is 5.01 Å². The summed E-state index contributed by atoms with van der Waals surface area (Å²) in [5.41, 5.74) is 3.68. The van der Waals surface area contributed by atoms with Crippen molar-refractivity contribution in [2.24, 2.45) is 0 Å². The van der Waals surface area contributed by atoms with Crippen molar-refractivity contribution in [2.45, 2.75) is 25.8 Å². The topological polar surface area (TPSA) is 32.3 Å². The number of hydrazine groups is 1. The van der Waals surface area contributed by atoms with E-state index in [-0.39, 0.29) is 5.91 Å². The maximum absolute atomic E-state index is 12.0. The highest BCUT2D eigenvalue weighted by molar-refractivity contribution is 5.93. The van der Waals surface area contributed by atoms with Gasteiger partial charge in [0.15, 0.2) is 0 Å². The van der Waals surface area contributed by atoms with Gasteiger partial charge in [0.05, 0.1) is 0 Å². The number of amides is 1. The van der Waals surface area contributed by atoms with E-state index in [1.165, 1.54) is 0 Å². The van der Waals surface area contributed by atoms with Crippen LogP contribution in [0.5, 0.6) is 0 Å². The van der Waals surface area contributed by atoms with Crippen LogP contribution in [0.1, 0.15) is 30.1 Å². The lowest BCUT2D eigenvalue weighted by atomic mass is 10.1. The fourth-order valence-corrected chi connectivity index (χ4v) is 2.02. The number of carbonyl (C=O) groups is 1. The van der Waals surface area contributed by atoms with E-state index in [1.54, 1.807) is 0 Å². The third-order valence-corrected chi connectivity index (χ3v) is 2.99. The van der Waals surface area contributed by atoms with Crippen LogP contribution in [0.25, 0.3) is 0 Å². The Balaban J connectivity index is 2.01. The van der Waals surface area contributed by atoms with Crippen LogP contribution in [-0.4, -0.2) is 23.5 Å². The fourth-order valence-electron chi connectivity index (χ4n) is 2.02. The molecule has 0 saturated carbocycles. The molecule has 3 heteroatoms. The Kier molecular flexibility index (Phi) is 3.94. The molecule has 0 saturated heterocycles. The van der Waals surface area contributed by atoms with Crippen molar-refractivity contribution in [1.29, 1.82) is 0 Å². The van der Waals surface area contributed by atoms with Gasteiger partial charge in [0.1, 0.15) is 0 Å². The van der Waals surface area contributed by atoms with Gasteiger partial charge in [0.25, 0.3) is 5.91 Å². The lowest BCUT2D eigenvalue weighted by Gasteiger charge is -2.31. The number of nitrogens with one attached hydrogen (secondary N) is 1. The largest absolute Gasteiger partial charge is 0.284 e. The average Bonchev–Trinajstić information content (AvgIpc) is 2.40. The summed E-state index contributed by atoms with van der Waals surface area (Å²) in [6, 6.07) is 9.64. The Morgan fingerprint density at radius 3 is 2.88 bits per heavy atom. The van der Waals surface area contributed by atoms with Crippen LogP contribution in [0.15, 0.2) is 42.5 Å². The smallest absolute Gasteiger partial charge is 0.265 e. The molecular formula is C14H18N2O. The quantitative estimate of drug-likeness (QED) is 0.808. The van der Waals surface area contributed by atoms with Crippen LogP contribution in [0.4, 0.5) is 0 Å². The molecule has 2 rings (SSSR count). The summed E-state index contributed by atoms with van der Waals surface area (Å²) in [7, 11) is 0. The molecule has 1 amide bonds. The molecule has 1 aromatic carbocycles. The minimum Gasteiger partial charge on any atom is -0.284 e. The zero-order valence-corrected chi connectivity index (χ0v) is 10.1. The molecular weight excluding hydrogens is 212 g/mol. The summed E-state index contributed by atoms with van der Waals surface area (Å²) in [5.74, 6) is -0.0284. The molecule has 0 unspecified atom stereocenters. The highest BCUT2D eigenvalue weighted by atomic mass is 16.2. The van der Waals surface area contributed by atoms with E-state index in [1.807, 2.05) is 35.3 Å². The van der Waals surface area contributed by atoms with E-state index in [0.29, 0.717) is 11.6 Å². The normalized spacial score (nSPS) is 20.2.